The lowest BCUT2D eigenvalue weighted by Gasteiger charge is -2.39. The minimum atomic E-state index is -1.59. The lowest BCUT2D eigenvalue weighted by Crippen LogP contribution is -2.45. The lowest BCUT2D eigenvalue weighted by atomic mass is 10.2. The standard InChI is InChI=1S/C16H25NOSi/c1-12-10-13-11-14(18-5)8-9-15(13)17(12)19(6,7)16(2,3)4/h8-11H,1-7H3. The highest BCUT2D eigenvalue weighted by atomic mass is 28.3. The monoisotopic (exact) mass is 275 g/mol. The molecule has 3 heteroatoms. The SMILES string of the molecule is COc1ccc2c(c1)cc(C)n2[Si](C)(C)C(C)(C)C. The number of hydrogen-bond donors (Lipinski definition) is 0. The quantitative estimate of drug-likeness (QED) is 0.717. The molecular formula is C16H25NOSi. The highest BCUT2D eigenvalue weighted by Gasteiger charge is 2.38. The zero-order valence-electron chi connectivity index (χ0n) is 13.2. The van der Waals surface area contributed by atoms with E-state index in [9.17, 15) is 0 Å². The molecule has 2 rings (SSSR count). The second kappa shape index (κ2) is 4.41. The molecule has 0 saturated carbocycles. The number of aromatic nitrogens is 1. The minimum absolute atomic E-state index is 0.323. The van der Waals surface area contributed by atoms with E-state index in [-0.39, 0.29) is 0 Å². The first kappa shape index (κ1) is 14.2. The molecule has 0 unspecified atom stereocenters. The van der Waals surface area contributed by atoms with Crippen molar-refractivity contribution in [1.29, 1.82) is 0 Å². The van der Waals surface area contributed by atoms with Crippen LogP contribution in [-0.4, -0.2) is 19.6 Å². The molecule has 0 saturated heterocycles. The number of nitrogens with zero attached hydrogens (tertiary/aromatic N) is 1. The summed E-state index contributed by atoms with van der Waals surface area (Å²) in [4.78, 5) is 0. The first-order valence-corrected chi connectivity index (χ1v) is 9.80. The van der Waals surface area contributed by atoms with E-state index in [1.165, 1.54) is 16.6 Å². The van der Waals surface area contributed by atoms with Crippen LogP contribution in [0.25, 0.3) is 10.9 Å². The third-order valence-electron chi connectivity index (χ3n) is 4.59. The van der Waals surface area contributed by atoms with Gasteiger partial charge in [-0.15, -0.1) is 0 Å². The van der Waals surface area contributed by atoms with Crippen molar-refractivity contribution < 1.29 is 4.74 Å². The van der Waals surface area contributed by atoms with Crippen LogP contribution in [0.5, 0.6) is 5.75 Å². The molecule has 1 heterocycles. The Kier molecular flexibility index (Phi) is 3.29. The summed E-state index contributed by atoms with van der Waals surface area (Å²) in [6.07, 6.45) is 0. The Balaban J connectivity index is 2.71. The van der Waals surface area contributed by atoms with Gasteiger partial charge in [-0.3, -0.25) is 0 Å². The molecule has 1 aromatic carbocycles. The number of benzene rings is 1. The van der Waals surface area contributed by atoms with Crippen molar-refractivity contribution in [1.82, 2.24) is 4.23 Å². The van der Waals surface area contributed by atoms with Crippen LogP contribution >= 0.6 is 0 Å². The van der Waals surface area contributed by atoms with Crippen LogP contribution in [0.1, 0.15) is 26.5 Å². The van der Waals surface area contributed by atoms with Gasteiger partial charge < -0.3 is 8.97 Å². The molecule has 104 valence electrons. The second-order valence-electron chi connectivity index (χ2n) is 6.85. The van der Waals surface area contributed by atoms with Crippen LogP contribution in [-0.2, 0) is 0 Å². The van der Waals surface area contributed by atoms with Gasteiger partial charge in [-0.05, 0) is 36.2 Å². The summed E-state index contributed by atoms with van der Waals surface area (Å²) < 4.78 is 7.91. The highest BCUT2D eigenvalue weighted by molar-refractivity contribution is 6.79. The summed E-state index contributed by atoms with van der Waals surface area (Å²) in [7, 11) is 0.132. The molecule has 0 aliphatic rings. The Hall–Kier alpha value is -1.22. The summed E-state index contributed by atoms with van der Waals surface area (Å²) in [6, 6.07) is 8.66. The van der Waals surface area contributed by atoms with E-state index in [1.54, 1.807) is 7.11 Å². The zero-order chi connectivity index (χ0) is 14.4. The number of fused-ring (bicyclic) bond motifs is 1. The molecule has 0 radical (unpaired) electrons. The van der Waals surface area contributed by atoms with Gasteiger partial charge in [0.15, 0.2) is 8.24 Å². The number of methoxy groups -OCH3 is 1. The Labute approximate surface area is 117 Å². The number of ether oxygens (including phenoxy) is 1. The van der Waals surface area contributed by atoms with Gasteiger partial charge in [-0.2, -0.15) is 0 Å². The molecule has 0 aliphatic carbocycles. The van der Waals surface area contributed by atoms with E-state index in [4.69, 9.17) is 4.74 Å². The fraction of sp³-hybridized carbons (Fsp3) is 0.500. The zero-order valence-corrected chi connectivity index (χ0v) is 14.2. The summed E-state index contributed by atoms with van der Waals surface area (Å²) in [5.41, 5.74) is 2.69. The smallest absolute Gasteiger partial charge is 0.161 e. The normalized spacial score (nSPS) is 13.0. The maximum Gasteiger partial charge on any atom is 0.161 e. The van der Waals surface area contributed by atoms with Crippen molar-refractivity contribution in [3.8, 4) is 5.75 Å². The van der Waals surface area contributed by atoms with E-state index < -0.39 is 8.24 Å². The fourth-order valence-electron chi connectivity index (χ4n) is 2.54. The third kappa shape index (κ3) is 2.20. The Morgan fingerprint density at radius 3 is 2.26 bits per heavy atom. The largest absolute Gasteiger partial charge is 0.497 e. The van der Waals surface area contributed by atoms with Crippen molar-refractivity contribution in [2.75, 3.05) is 7.11 Å². The van der Waals surface area contributed by atoms with Gasteiger partial charge in [0.05, 0.1) is 7.11 Å². The number of hydrogen-bond acceptors (Lipinski definition) is 1. The van der Waals surface area contributed by atoms with E-state index in [0.717, 1.165) is 5.75 Å². The summed E-state index contributed by atoms with van der Waals surface area (Å²) in [6.45, 7) is 14.2. The molecule has 1 aromatic heterocycles. The van der Waals surface area contributed by atoms with Gasteiger partial charge >= 0.3 is 0 Å². The molecule has 0 fully saturated rings. The van der Waals surface area contributed by atoms with Gasteiger partial charge in [-0.25, -0.2) is 0 Å². The summed E-state index contributed by atoms with van der Waals surface area (Å²) in [5, 5.41) is 1.60. The van der Waals surface area contributed by atoms with Crippen molar-refractivity contribution in [2.24, 2.45) is 0 Å². The van der Waals surface area contributed by atoms with Gasteiger partial charge in [0.1, 0.15) is 5.75 Å². The Morgan fingerprint density at radius 2 is 1.74 bits per heavy atom. The van der Waals surface area contributed by atoms with Crippen LogP contribution in [0.2, 0.25) is 18.1 Å². The molecule has 0 bridgehead atoms. The molecular weight excluding hydrogens is 250 g/mol. The first-order chi connectivity index (χ1) is 8.68. The third-order valence-corrected chi connectivity index (χ3v) is 9.97. The molecule has 19 heavy (non-hydrogen) atoms. The molecule has 2 nitrogen and oxygen atoms in total. The molecule has 0 atom stereocenters. The van der Waals surface area contributed by atoms with Crippen molar-refractivity contribution >= 4 is 19.1 Å². The average Bonchev–Trinajstić information content (AvgIpc) is 2.62. The van der Waals surface area contributed by atoms with Crippen molar-refractivity contribution in [3.05, 3.63) is 30.0 Å². The van der Waals surface area contributed by atoms with E-state index in [1.807, 2.05) is 0 Å². The maximum atomic E-state index is 5.33. The topological polar surface area (TPSA) is 14.2 Å². The average molecular weight is 275 g/mol. The van der Waals surface area contributed by atoms with Gasteiger partial charge in [-0.1, -0.05) is 33.9 Å². The number of aryl methyl sites for hydroxylation is 1. The van der Waals surface area contributed by atoms with Crippen molar-refractivity contribution in [2.45, 2.75) is 45.8 Å². The van der Waals surface area contributed by atoms with Crippen molar-refractivity contribution in [3.63, 3.8) is 0 Å². The van der Waals surface area contributed by atoms with Crippen LogP contribution in [0.3, 0.4) is 0 Å². The van der Waals surface area contributed by atoms with Crippen LogP contribution in [0.4, 0.5) is 0 Å². The minimum Gasteiger partial charge on any atom is -0.497 e. The predicted molar refractivity (Wildman–Crippen MR) is 85.8 cm³/mol. The molecule has 0 spiro atoms. The van der Waals surface area contributed by atoms with Crippen LogP contribution < -0.4 is 4.74 Å². The van der Waals surface area contributed by atoms with Gasteiger partial charge in [0.25, 0.3) is 0 Å². The molecule has 0 aliphatic heterocycles. The number of rotatable bonds is 2. The highest BCUT2D eigenvalue weighted by Crippen LogP contribution is 2.40. The van der Waals surface area contributed by atoms with E-state index >= 15 is 0 Å². The van der Waals surface area contributed by atoms with Gasteiger partial charge in [0.2, 0.25) is 0 Å². The van der Waals surface area contributed by atoms with E-state index in [0.29, 0.717) is 5.04 Å². The molecule has 0 amide bonds. The molecule has 0 N–H and O–H groups in total. The fourth-order valence-corrected chi connectivity index (χ4v) is 4.96. The van der Waals surface area contributed by atoms with E-state index in [2.05, 4.69) is 69.3 Å². The lowest BCUT2D eigenvalue weighted by molar-refractivity contribution is 0.415. The summed E-state index contributed by atoms with van der Waals surface area (Å²) >= 11 is 0. The summed E-state index contributed by atoms with van der Waals surface area (Å²) in [5.74, 6) is 0.930. The first-order valence-electron chi connectivity index (χ1n) is 6.85. The van der Waals surface area contributed by atoms with Crippen LogP contribution in [0, 0.1) is 6.92 Å². The Morgan fingerprint density at radius 1 is 1.11 bits per heavy atom. The molecule has 2 aromatic rings. The van der Waals surface area contributed by atoms with Gasteiger partial charge in [0, 0.05) is 16.6 Å². The predicted octanol–water partition coefficient (Wildman–Crippen LogP) is 4.81. The van der Waals surface area contributed by atoms with Crippen LogP contribution in [0.15, 0.2) is 24.3 Å². The maximum absolute atomic E-state index is 5.33. The second-order valence-corrected chi connectivity index (χ2v) is 11.9. The Bertz CT molecular complexity index is 605.